The highest BCUT2D eigenvalue weighted by atomic mass is 16.5. The number of carbonyl (C=O) groups excluding carboxylic acids is 2. The maximum absolute atomic E-state index is 12.2. The van der Waals surface area contributed by atoms with E-state index in [0.717, 1.165) is 22.7 Å². The predicted octanol–water partition coefficient (Wildman–Crippen LogP) is 2.93. The summed E-state index contributed by atoms with van der Waals surface area (Å²) in [6.07, 6.45) is 0.285. The van der Waals surface area contributed by atoms with Gasteiger partial charge in [0.1, 0.15) is 5.75 Å². The lowest BCUT2D eigenvalue weighted by atomic mass is 10.2. The van der Waals surface area contributed by atoms with Crippen molar-refractivity contribution in [3.8, 4) is 5.75 Å². The highest BCUT2D eigenvalue weighted by Gasteiger charge is 2.31. The van der Waals surface area contributed by atoms with Crippen molar-refractivity contribution in [1.29, 1.82) is 0 Å². The van der Waals surface area contributed by atoms with E-state index < -0.39 is 0 Å². The number of hydrogen-bond acceptors (Lipinski definition) is 3. The van der Waals surface area contributed by atoms with Gasteiger partial charge in [-0.2, -0.15) is 0 Å². The van der Waals surface area contributed by atoms with Gasteiger partial charge in [0.25, 0.3) is 0 Å². The zero-order valence-corrected chi connectivity index (χ0v) is 14.3. The fourth-order valence-corrected chi connectivity index (χ4v) is 2.81. The Kier molecular flexibility index (Phi) is 4.88. The van der Waals surface area contributed by atoms with Gasteiger partial charge in [0.05, 0.1) is 13.2 Å². The summed E-state index contributed by atoms with van der Waals surface area (Å²) < 4.78 is 5.13. The van der Waals surface area contributed by atoms with Crippen LogP contribution in [0, 0.1) is 6.92 Å². The van der Waals surface area contributed by atoms with Gasteiger partial charge in [0, 0.05) is 24.3 Å². The Balaban J connectivity index is 1.58. The number of methoxy groups -OCH3 is 1. The van der Waals surface area contributed by atoms with Gasteiger partial charge < -0.3 is 20.3 Å². The van der Waals surface area contributed by atoms with Crippen molar-refractivity contribution in [3.63, 3.8) is 0 Å². The van der Waals surface area contributed by atoms with Crippen molar-refractivity contribution >= 4 is 23.3 Å². The second-order valence-corrected chi connectivity index (χ2v) is 6.07. The molecule has 3 rings (SSSR count). The largest absolute Gasteiger partial charge is 0.497 e. The van der Waals surface area contributed by atoms with E-state index in [1.54, 1.807) is 12.0 Å². The Morgan fingerprint density at radius 2 is 1.80 bits per heavy atom. The molecule has 1 aliphatic rings. The molecule has 0 spiro atoms. The van der Waals surface area contributed by atoms with Gasteiger partial charge in [-0.3, -0.25) is 4.79 Å². The molecule has 0 aromatic heterocycles. The molecule has 1 fully saturated rings. The van der Waals surface area contributed by atoms with Crippen LogP contribution in [-0.4, -0.2) is 31.6 Å². The van der Waals surface area contributed by atoms with E-state index in [9.17, 15) is 9.59 Å². The van der Waals surface area contributed by atoms with Crippen molar-refractivity contribution < 1.29 is 14.3 Å². The molecule has 2 aromatic carbocycles. The molecule has 25 heavy (non-hydrogen) atoms. The summed E-state index contributed by atoms with van der Waals surface area (Å²) in [5.74, 6) is 0.730. The first-order valence-corrected chi connectivity index (χ1v) is 8.14. The number of nitrogens with one attached hydrogen (secondary N) is 2. The van der Waals surface area contributed by atoms with Gasteiger partial charge in [-0.1, -0.05) is 17.7 Å². The lowest BCUT2D eigenvalue weighted by molar-refractivity contribution is -0.117. The summed E-state index contributed by atoms with van der Waals surface area (Å²) in [4.78, 5) is 26.0. The summed E-state index contributed by atoms with van der Waals surface area (Å²) in [6.45, 7) is 2.44. The van der Waals surface area contributed by atoms with E-state index in [4.69, 9.17) is 4.74 Å². The van der Waals surface area contributed by atoms with Crippen molar-refractivity contribution in [2.75, 3.05) is 23.9 Å². The van der Waals surface area contributed by atoms with E-state index in [2.05, 4.69) is 10.6 Å². The normalized spacial score (nSPS) is 16.6. The van der Waals surface area contributed by atoms with Crippen molar-refractivity contribution in [3.05, 3.63) is 54.1 Å². The molecule has 1 atom stereocenters. The molecule has 2 aromatic rings. The monoisotopic (exact) mass is 339 g/mol. The molecule has 3 amide bonds. The molecular formula is C19H21N3O3. The van der Waals surface area contributed by atoms with Gasteiger partial charge in [-0.05, 0) is 43.3 Å². The number of hydrogen-bond donors (Lipinski definition) is 2. The zero-order chi connectivity index (χ0) is 17.8. The quantitative estimate of drug-likeness (QED) is 0.900. The van der Waals surface area contributed by atoms with Crippen LogP contribution in [-0.2, 0) is 4.79 Å². The van der Waals surface area contributed by atoms with Crippen LogP contribution in [0.4, 0.5) is 16.2 Å². The summed E-state index contributed by atoms with van der Waals surface area (Å²) >= 11 is 0. The van der Waals surface area contributed by atoms with Crippen LogP contribution in [0.1, 0.15) is 12.0 Å². The molecule has 0 bridgehead atoms. The molecule has 130 valence electrons. The average Bonchev–Trinajstić information content (AvgIpc) is 2.97. The summed E-state index contributed by atoms with van der Waals surface area (Å²) in [6, 6.07) is 14.3. The van der Waals surface area contributed by atoms with E-state index in [1.807, 2.05) is 55.5 Å². The van der Waals surface area contributed by atoms with Crippen LogP contribution in [0.3, 0.4) is 0 Å². The third kappa shape index (κ3) is 4.09. The van der Waals surface area contributed by atoms with Gasteiger partial charge >= 0.3 is 6.03 Å². The summed E-state index contributed by atoms with van der Waals surface area (Å²) in [5.41, 5.74) is 2.65. The minimum atomic E-state index is -0.307. The number of nitrogens with zero attached hydrogens (tertiary/aromatic N) is 1. The molecule has 1 heterocycles. The van der Waals surface area contributed by atoms with Gasteiger partial charge in [0.15, 0.2) is 0 Å². The Morgan fingerprint density at radius 3 is 2.44 bits per heavy atom. The fraction of sp³-hybridized carbons (Fsp3) is 0.263. The minimum absolute atomic E-state index is 0.00852. The second-order valence-electron chi connectivity index (χ2n) is 6.07. The number of carbonyl (C=O) groups is 2. The third-order valence-electron chi connectivity index (χ3n) is 4.15. The second kappa shape index (κ2) is 7.25. The van der Waals surface area contributed by atoms with E-state index >= 15 is 0 Å². The van der Waals surface area contributed by atoms with Crippen LogP contribution in [0.15, 0.2) is 48.5 Å². The number of aryl methyl sites for hydroxylation is 1. The Hall–Kier alpha value is -3.02. The fourth-order valence-electron chi connectivity index (χ4n) is 2.81. The highest BCUT2D eigenvalue weighted by Crippen LogP contribution is 2.24. The van der Waals surface area contributed by atoms with E-state index in [0.29, 0.717) is 6.54 Å². The SMILES string of the molecule is COc1ccc(N2C[C@H](NC(=O)Nc3ccc(C)cc3)CC2=O)cc1. The van der Waals surface area contributed by atoms with Crippen LogP contribution in [0.2, 0.25) is 0 Å². The molecule has 0 radical (unpaired) electrons. The molecule has 0 aliphatic carbocycles. The number of ether oxygens (including phenoxy) is 1. The van der Waals surface area contributed by atoms with Gasteiger partial charge in [0.2, 0.25) is 5.91 Å². The third-order valence-corrected chi connectivity index (χ3v) is 4.15. The maximum Gasteiger partial charge on any atom is 0.319 e. The number of anilines is 2. The van der Waals surface area contributed by atoms with Crippen LogP contribution in [0.5, 0.6) is 5.75 Å². The predicted molar refractivity (Wildman–Crippen MR) is 97.1 cm³/mol. The van der Waals surface area contributed by atoms with Crippen molar-refractivity contribution in [1.82, 2.24) is 5.32 Å². The molecule has 0 unspecified atom stereocenters. The topological polar surface area (TPSA) is 70.7 Å². The summed E-state index contributed by atoms with van der Waals surface area (Å²) in [5, 5.41) is 5.64. The number of benzene rings is 2. The number of rotatable bonds is 4. The lowest BCUT2D eigenvalue weighted by Crippen LogP contribution is -2.39. The maximum atomic E-state index is 12.2. The molecule has 1 saturated heterocycles. The molecule has 2 N–H and O–H groups in total. The Bertz CT molecular complexity index is 756. The number of amides is 3. The molecule has 1 aliphatic heterocycles. The first-order valence-electron chi connectivity index (χ1n) is 8.14. The van der Waals surface area contributed by atoms with Crippen LogP contribution < -0.4 is 20.3 Å². The molecule has 6 heteroatoms. The molecular weight excluding hydrogens is 318 g/mol. The standard InChI is InChI=1S/C19H21N3O3/c1-13-3-5-14(6-4-13)20-19(24)21-15-11-18(23)22(12-15)16-7-9-17(25-2)10-8-16/h3-10,15H,11-12H2,1-2H3,(H2,20,21,24)/t15-/m1/s1. The average molecular weight is 339 g/mol. The first kappa shape index (κ1) is 16.8. The Labute approximate surface area is 146 Å². The number of urea groups is 1. The van der Waals surface area contributed by atoms with E-state index in [1.165, 1.54) is 0 Å². The smallest absolute Gasteiger partial charge is 0.319 e. The Morgan fingerprint density at radius 1 is 1.12 bits per heavy atom. The highest BCUT2D eigenvalue weighted by molar-refractivity contribution is 5.97. The van der Waals surface area contributed by atoms with E-state index in [-0.39, 0.29) is 24.4 Å². The molecule has 0 saturated carbocycles. The lowest BCUT2D eigenvalue weighted by Gasteiger charge is -2.17. The van der Waals surface area contributed by atoms with Gasteiger partial charge in [-0.15, -0.1) is 0 Å². The van der Waals surface area contributed by atoms with Crippen LogP contribution in [0.25, 0.3) is 0 Å². The summed E-state index contributed by atoms with van der Waals surface area (Å²) in [7, 11) is 1.60. The minimum Gasteiger partial charge on any atom is -0.497 e. The molecule has 6 nitrogen and oxygen atoms in total. The van der Waals surface area contributed by atoms with Crippen LogP contribution >= 0.6 is 0 Å². The van der Waals surface area contributed by atoms with Gasteiger partial charge in [-0.25, -0.2) is 4.79 Å². The zero-order valence-electron chi connectivity index (χ0n) is 14.3. The first-order chi connectivity index (χ1) is 12.0. The van der Waals surface area contributed by atoms with Crippen molar-refractivity contribution in [2.45, 2.75) is 19.4 Å². The van der Waals surface area contributed by atoms with Crippen molar-refractivity contribution in [2.24, 2.45) is 0 Å².